The summed E-state index contributed by atoms with van der Waals surface area (Å²) in [5, 5.41) is 0.501. The van der Waals surface area contributed by atoms with Crippen molar-refractivity contribution in [3.8, 4) is 0 Å². The van der Waals surface area contributed by atoms with Crippen LogP contribution in [0.25, 0.3) is 0 Å². The van der Waals surface area contributed by atoms with Gasteiger partial charge in [0.15, 0.2) is 5.82 Å². The number of aromatic nitrogens is 2. The maximum absolute atomic E-state index is 5.94. The summed E-state index contributed by atoms with van der Waals surface area (Å²) in [6.07, 6.45) is 1.92. The zero-order valence-corrected chi connectivity index (χ0v) is 10.9. The van der Waals surface area contributed by atoms with Crippen LogP contribution in [-0.4, -0.2) is 16.6 Å². The van der Waals surface area contributed by atoms with Crippen molar-refractivity contribution in [1.29, 1.82) is 0 Å². The second-order valence-electron chi connectivity index (χ2n) is 4.25. The van der Waals surface area contributed by atoms with Gasteiger partial charge in [0, 0.05) is 12.3 Å². The zero-order valence-electron chi connectivity index (χ0n) is 10.2. The van der Waals surface area contributed by atoms with E-state index < -0.39 is 0 Å². The molecule has 0 radical (unpaired) electrons. The summed E-state index contributed by atoms with van der Waals surface area (Å²) in [6.45, 7) is 7.56. The van der Waals surface area contributed by atoms with E-state index in [9.17, 15) is 0 Å². The Morgan fingerprint density at radius 2 is 2.12 bits per heavy atom. The Hall–Kier alpha value is -0.670. The normalized spacial score (nSPS) is 11.1. The maximum atomic E-state index is 5.94. The lowest BCUT2D eigenvalue weighted by Crippen LogP contribution is -2.05. The van der Waals surface area contributed by atoms with Crippen molar-refractivity contribution < 1.29 is 4.74 Å². The SMILES string of the molecule is CCCOCc1nc(Cl)cc(CC(C)C)n1. The predicted octanol–water partition coefficient (Wildman–Crippen LogP) is 3.26. The number of halogens is 1. The minimum absolute atomic E-state index is 0.444. The molecule has 0 unspecified atom stereocenters. The first-order valence-electron chi connectivity index (χ1n) is 5.72. The molecule has 0 saturated carbocycles. The first-order valence-corrected chi connectivity index (χ1v) is 6.09. The van der Waals surface area contributed by atoms with Crippen LogP contribution in [0.5, 0.6) is 0 Å². The minimum Gasteiger partial charge on any atom is -0.373 e. The van der Waals surface area contributed by atoms with Gasteiger partial charge in [-0.15, -0.1) is 0 Å². The summed E-state index contributed by atoms with van der Waals surface area (Å²) in [5.74, 6) is 1.24. The van der Waals surface area contributed by atoms with Gasteiger partial charge in [-0.1, -0.05) is 32.4 Å². The number of nitrogens with zero attached hydrogens (tertiary/aromatic N) is 2. The second-order valence-corrected chi connectivity index (χ2v) is 4.64. The van der Waals surface area contributed by atoms with Gasteiger partial charge in [0.2, 0.25) is 0 Å². The van der Waals surface area contributed by atoms with Crippen LogP contribution >= 0.6 is 11.6 Å². The van der Waals surface area contributed by atoms with Crippen molar-refractivity contribution in [3.05, 3.63) is 22.7 Å². The highest BCUT2D eigenvalue weighted by molar-refractivity contribution is 6.29. The van der Waals surface area contributed by atoms with Gasteiger partial charge in [-0.25, -0.2) is 9.97 Å². The average Bonchev–Trinajstić information content (AvgIpc) is 2.16. The first-order chi connectivity index (χ1) is 7.61. The fourth-order valence-corrected chi connectivity index (χ4v) is 1.63. The highest BCUT2D eigenvalue weighted by atomic mass is 35.5. The third kappa shape index (κ3) is 4.90. The molecule has 0 N–H and O–H groups in total. The van der Waals surface area contributed by atoms with Gasteiger partial charge in [-0.2, -0.15) is 0 Å². The molecule has 1 heterocycles. The molecule has 0 aliphatic heterocycles. The van der Waals surface area contributed by atoms with Gasteiger partial charge in [0.25, 0.3) is 0 Å². The molecule has 0 atom stereocenters. The largest absolute Gasteiger partial charge is 0.373 e. The molecular formula is C12H19ClN2O. The zero-order chi connectivity index (χ0) is 12.0. The molecule has 3 nitrogen and oxygen atoms in total. The van der Waals surface area contributed by atoms with Gasteiger partial charge >= 0.3 is 0 Å². The van der Waals surface area contributed by atoms with Crippen LogP contribution in [0.1, 0.15) is 38.7 Å². The van der Waals surface area contributed by atoms with E-state index >= 15 is 0 Å². The molecule has 4 heteroatoms. The van der Waals surface area contributed by atoms with Gasteiger partial charge in [-0.05, 0) is 24.8 Å². The Balaban J connectivity index is 2.65. The smallest absolute Gasteiger partial charge is 0.155 e. The van der Waals surface area contributed by atoms with Gasteiger partial charge in [0.05, 0.1) is 0 Å². The topological polar surface area (TPSA) is 35.0 Å². The molecule has 1 aromatic heterocycles. The fourth-order valence-electron chi connectivity index (χ4n) is 1.41. The standard InChI is InChI=1S/C12H19ClN2O/c1-4-5-16-8-12-14-10(6-9(2)3)7-11(13)15-12/h7,9H,4-6,8H2,1-3H3. The molecule has 16 heavy (non-hydrogen) atoms. The summed E-state index contributed by atoms with van der Waals surface area (Å²) in [7, 11) is 0. The van der Waals surface area contributed by atoms with E-state index in [2.05, 4.69) is 30.7 Å². The molecule has 0 aliphatic rings. The van der Waals surface area contributed by atoms with Crippen molar-refractivity contribution in [2.24, 2.45) is 5.92 Å². The van der Waals surface area contributed by atoms with Crippen molar-refractivity contribution in [3.63, 3.8) is 0 Å². The highest BCUT2D eigenvalue weighted by Crippen LogP contribution is 2.11. The van der Waals surface area contributed by atoms with E-state index in [1.165, 1.54) is 0 Å². The molecule has 0 aromatic carbocycles. The van der Waals surface area contributed by atoms with Crippen molar-refractivity contribution in [1.82, 2.24) is 9.97 Å². The average molecular weight is 243 g/mol. The molecule has 0 saturated heterocycles. The van der Waals surface area contributed by atoms with Crippen LogP contribution in [0.15, 0.2) is 6.07 Å². The number of hydrogen-bond donors (Lipinski definition) is 0. The molecule has 0 fully saturated rings. The molecular weight excluding hydrogens is 224 g/mol. The maximum Gasteiger partial charge on any atom is 0.155 e. The van der Waals surface area contributed by atoms with E-state index in [1.54, 1.807) is 0 Å². The van der Waals surface area contributed by atoms with Gasteiger partial charge in [-0.3, -0.25) is 0 Å². The second kappa shape index (κ2) is 6.81. The van der Waals surface area contributed by atoms with Crippen LogP contribution in [-0.2, 0) is 17.8 Å². The van der Waals surface area contributed by atoms with Crippen LogP contribution < -0.4 is 0 Å². The molecule has 90 valence electrons. The van der Waals surface area contributed by atoms with Crippen molar-refractivity contribution in [2.45, 2.75) is 40.2 Å². The Kier molecular flexibility index (Phi) is 5.71. The lowest BCUT2D eigenvalue weighted by Gasteiger charge is -2.07. The molecule has 1 aromatic rings. The van der Waals surface area contributed by atoms with Crippen molar-refractivity contribution >= 4 is 11.6 Å². The van der Waals surface area contributed by atoms with Gasteiger partial charge in [0.1, 0.15) is 11.8 Å². The first kappa shape index (κ1) is 13.4. The van der Waals surface area contributed by atoms with Crippen molar-refractivity contribution in [2.75, 3.05) is 6.61 Å². The van der Waals surface area contributed by atoms with Crippen LogP contribution in [0.4, 0.5) is 0 Å². The Morgan fingerprint density at radius 1 is 1.38 bits per heavy atom. The Bertz CT molecular complexity index is 329. The molecule has 0 spiro atoms. The summed E-state index contributed by atoms with van der Waals surface area (Å²) in [5.41, 5.74) is 0.991. The molecule has 1 rings (SSSR count). The van der Waals surface area contributed by atoms with Crippen LogP contribution in [0, 0.1) is 5.92 Å². The Morgan fingerprint density at radius 3 is 2.75 bits per heavy atom. The van der Waals surface area contributed by atoms with E-state index in [4.69, 9.17) is 16.3 Å². The molecule has 0 amide bonds. The van der Waals surface area contributed by atoms with E-state index in [0.29, 0.717) is 23.5 Å². The Labute approximate surface area is 102 Å². The molecule has 0 bridgehead atoms. The minimum atomic E-state index is 0.444. The van der Waals surface area contributed by atoms with Crippen LogP contribution in [0.3, 0.4) is 0 Å². The number of hydrogen-bond acceptors (Lipinski definition) is 3. The third-order valence-corrected chi connectivity index (χ3v) is 2.18. The predicted molar refractivity (Wildman–Crippen MR) is 65.5 cm³/mol. The van der Waals surface area contributed by atoms with E-state index in [0.717, 1.165) is 25.1 Å². The lowest BCUT2D eigenvalue weighted by molar-refractivity contribution is 0.116. The monoisotopic (exact) mass is 242 g/mol. The summed E-state index contributed by atoms with van der Waals surface area (Å²) >= 11 is 5.94. The van der Waals surface area contributed by atoms with Crippen LogP contribution in [0.2, 0.25) is 5.15 Å². The summed E-state index contributed by atoms with van der Waals surface area (Å²) in [4.78, 5) is 8.57. The summed E-state index contributed by atoms with van der Waals surface area (Å²) in [6, 6.07) is 1.82. The summed E-state index contributed by atoms with van der Waals surface area (Å²) < 4.78 is 5.40. The number of rotatable bonds is 6. The third-order valence-electron chi connectivity index (χ3n) is 1.99. The number of ether oxygens (including phenoxy) is 1. The quantitative estimate of drug-likeness (QED) is 0.567. The fraction of sp³-hybridized carbons (Fsp3) is 0.667. The highest BCUT2D eigenvalue weighted by Gasteiger charge is 2.05. The van der Waals surface area contributed by atoms with Gasteiger partial charge < -0.3 is 4.74 Å². The van der Waals surface area contributed by atoms with E-state index in [-0.39, 0.29) is 0 Å². The van der Waals surface area contributed by atoms with E-state index in [1.807, 2.05) is 6.07 Å². The lowest BCUT2D eigenvalue weighted by atomic mass is 10.1. The molecule has 0 aliphatic carbocycles.